The number of benzene rings is 1. The van der Waals surface area contributed by atoms with E-state index in [1.54, 1.807) is 35.1 Å². The van der Waals surface area contributed by atoms with Crippen LogP contribution in [0.25, 0.3) is 5.82 Å². The van der Waals surface area contributed by atoms with E-state index in [-0.39, 0.29) is 11.9 Å². The highest BCUT2D eigenvalue weighted by molar-refractivity contribution is 9.10. The molecule has 10 heteroatoms. The lowest BCUT2D eigenvalue weighted by Crippen LogP contribution is -2.30. The zero-order valence-electron chi connectivity index (χ0n) is 15.5. The molecule has 0 radical (unpaired) electrons. The van der Waals surface area contributed by atoms with Gasteiger partial charge < -0.3 is 10.6 Å². The van der Waals surface area contributed by atoms with Gasteiger partial charge in [0.15, 0.2) is 5.82 Å². The molecule has 0 saturated heterocycles. The van der Waals surface area contributed by atoms with E-state index in [9.17, 15) is 4.79 Å². The first-order chi connectivity index (χ1) is 13.8. The molecule has 0 aliphatic rings. The predicted octanol–water partition coefficient (Wildman–Crippen LogP) is 5.74. The third-order valence-corrected chi connectivity index (χ3v) is 5.06. The maximum absolute atomic E-state index is 12.6. The summed E-state index contributed by atoms with van der Waals surface area (Å²) < 4.78 is 2.24. The van der Waals surface area contributed by atoms with Gasteiger partial charge in [-0.1, -0.05) is 34.8 Å². The molecule has 0 unspecified atom stereocenters. The van der Waals surface area contributed by atoms with Crippen molar-refractivity contribution in [1.82, 2.24) is 20.1 Å². The van der Waals surface area contributed by atoms with Gasteiger partial charge in [-0.3, -0.25) is 4.79 Å². The van der Waals surface area contributed by atoms with Gasteiger partial charge in [-0.15, -0.1) is 0 Å². The van der Waals surface area contributed by atoms with Crippen LogP contribution in [0, 0.1) is 0 Å². The monoisotopic (exact) mass is 515 g/mol. The third kappa shape index (κ3) is 5.22. The van der Waals surface area contributed by atoms with Crippen molar-refractivity contribution in [1.29, 1.82) is 0 Å². The van der Waals surface area contributed by atoms with E-state index in [0.29, 0.717) is 43.3 Å². The minimum Gasteiger partial charge on any atom is -0.378 e. The number of rotatable bonds is 6. The second kappa shape index (κ2) is 9.34. The van der Waals surface area contributed by atoms with Crippen LogP contribution < -0.4 is 10.6 Å². The zero-order chi connectivity index (χ0) is 21.1. The molecule has 29 heavy (non-hydrogen) atoms. The molecule has 2 aromatic heterocycles. The number of halogens is 4. The molecule has 2 N–H and O–H groups in total. The highest BCUT2D eigenvalue weighted by atomic mass is 79.9. The van der Waals surface area contributed by atoms with Gasteiger partial charge in [0, 0.05) is 17.3 Å². The summed E-state index contributed by atoms with van der Waals surface area (Å²) in [5.74, 6) is 0.228. The Bertz CT molecular complexity index is 1050. The van der Waals surface area contributed by atoms with Crippen molar-refractivity contribution < 1.29 is 4.79 Å². The van der Waals surface area contributed by atoms with Gasteiger partial charge >= 0.3 is 0 Å². The lowest BCUT2D eigenvalue weighted by atomic mass is 10.1. The maximum Gasteiger partial charge on any atom is 0.253 e. The van der Waals surface area contributed by atoms with E-state index in [0.717, 1.165) is 5.69 Å². The van der Waals surface area contributed by atoms with Crippen LogP contribution in [0.4, 0.5) is 5.69 Å². The average Bonchev–Trinajstić information content (AvgIpc) is 3.00. The lowest BCUT2D eigenvalue weighted by Gasteiger charge is -2.16. The molecule has 152 valence electrons. The summed E-state index contributed by atoms with van der Waals surface area (Å²) in [6, 6.07) is 8.44. The Labute approximate surface area is 191 Å². The van der Waals surface area contributed by atoms with Gasteiger partial charge in [0.05, 0.1) is 33.5 Å². The first kappa shape index (κ1) is 21.9. The number of hydrogen-bond acceptors (Lipinski definition) is 4. The Balaban J connectivity index is 1.94. The normalized spacial score (nSPS) is 11.0. The van der Waals surface area contributed by atoms with Crippen LogP contribution >= 0.6 is 50.7 Å². The molecule has 0 fully saturated rings. The minimum atomic E-state index is -0.269. The van der Waals surface area contributed by atoms with Gasteiger partial charge in [-0.25, -0.2) is 9.67 Å². The number of amides is 1. The molecule has 3 aromatic rings. The average molecular weight is 518 g/mol. The molecule has 0 spiro atoms. The van der Waals surface area contributed by atoms with Crippen molar-refractivity contribution in [2.45, 2.75) is 26.4 Å². The Morgan fingerprint density at radius 1 is 1.21 bits per heavy atom. The number of nitrogens with zero attached hydrogens (tertiary/aromatic N) is 3. The Morgan fingerprint density at radius 2 is 1.97 bits per heavy atom. The fraction of sp³-hybridized carbons (Fsp3) is 0.211. The molecule has 0 bridgehead atoms. The van der Waals surface area contributed by atoms with Crippen LogP contribution in [0.5, 0.6) is 0 Å². The number of carbonyl (C=O) groups excluding carboxylic acids is 1. The maximum atomic E-state index is 12.6. The van der Waals surface area contributed by atoms with Crippen molar-refractivity contribution >= 4 is 62.3 Å². The van der Waals surface area contributed by atoms with E-state index in [4.69, 9.17) is 34.8 Å². The van der Waals surface area contributed by atoms with Crippen molar-refractivity contribution in [3.63, 3.8) is 0 Å². The van der Waals surface area contributed by atoms with Crippen LogP contribution in [0.3, 0.4) is 0 Å². The quantitative estimate of drug-likeness (QED) is 0.437. The van der Waals surface area contributed by atoms with Crippen LogP contribution in [-0.2, 0) is 6.54 Å². The molecule has 6 nitrogen and oxygen atoms in total. The summed E-state index contributed by atoms with van der Waals surface area (Å²) in [6.45, 7) is 4.07. The van der Waals surface area contributed by atoms with Crippen molar-refractivity contribution in [3.05, 3.63) is 67.5 Å². The summed E-state index contributed by atoms with van der Waals surface area (Å²) in [4.78, 5) is 16.9. The number of nitrogens with one attached hydrogen (secondary N) is 2. The van der Waals surface area contributed by atoms with E-state index in [1.165, 1.54) is 0 Å². The second-order valence-electron chi connectivity index (χ2n) is 6.47. The minimum absolute atomic E-state index is 0.0307. The third-order valence-electron chi connectivity index (χ3n) is 3.86. The lowest BCUT2D eigenvalue weighted by molar-refractivity contribution is 0.0944. The smallest absolute Gasteiger partial charge is 0.253 e. The van der Waals surface area contributed by atoms with E-state index in [1.807, 2.05) is 19.9 Å². The molecule has 1 aromatic carbocycles. The molecule has 3 rings (SSSR count). The van der Waals surface area contributed by atoms with E-state index in [2.05, 4.69) is 36.6 Å². The van der Waals surface area contributed by atoms with E-state index < -0.39 is 0 Å². The molecular weight excluding hydrogens is 501 g/mol. The van der Waals surface area contributed by atoms with Gasteiger partial charge in [0.25, 0.3) is 5.91 Å². The van der Waals surface area contributed by atoms with Crippen LogP contribution in [0.1, 0.15) is 29.9 Å². The van der Waals surface area contributed by atoms with Crippen molar-refractivity contribution in [2.75, 3.05) is 5.32 Å². The summed E-state index contributed by atoms with van der Waals surface area (Å²) in [5.41, 5.74) is 1.60. The van der Waals surface area contributed by atoms with Crippen LogP contribution in [0.15, 0.2) is 41.1 Å². The topological polar surface area (TPSA) is 71.8 Å². The van der Waals surface area contributed by atoms with Gasteiger partial charge in [0.1, 0.15) is 4.60 Å². The van der Waals surface area contributed by atoms with Gasteiger partial charge in [-0.2, -0.15) is 5.10 Å². The Kier molecular flexibility index (Phi) is 7.05. The molecule has 0 saturated carbocycles. The second-order valence-corrected chi connectivity index (χ2v) is 8.53. The summed E-state index contributed by atoms with van der Waals surface area (Å²) in [6.07, 6.45) is 1.64. The molecular formula is C19H17BrCl3N5O. The first-order valence-corrected chi connectivity index (χ1v) is 10.6. The summed E-state index contributed by atoms with van der Waals surface area (Å²) >= 11 is 22.1. The van der Waals surface area contributed by atoms with Gasteiger partial charge in [0.2, 0.25) is 0 Å². The number of aromatic nitrogens is 3. The van der Waals surface area contributed by atoms with Crippen LogP contribution in [0.2, 0.25) is 15.1 Å². The Hall–Kier alpha value is -1.80. The highest BCUT2D eigenvalue weighted by Gasteiger charge is 2.18. The fourth-order valence-electron chi connectivity index (χ4n) is 2.68. The van der Waals surface area contributed by atoms with Crippen molar-refractivity contribution in [3.8, 4) is 5.82 Å². The number of anilines is 1. The molecule has 0 aliphatic heterocycles. The predicted molar refractivity (Wildman–Crippen MR) is 120 cm³/mol. The number of hydrogen-bond donors (Lipinski definition) is 2. The molecule has 1 amide bonds. The van der Waals surface area contributed by atoms with Crippen LogP contribution in [-0.4, -0.2) is 26.7 Å². The summed E-state index contributed by atoms with van der Waals surface area (Å²) in [7, 11) is 0. The fourth-order valence-corrected chi connectivity index (χ4v) is 3.87. The standard InChI is InChI=1S/C19H17BrCl3N5O/c1-10(2)26-19(29)13-6-11(21)7-15(23)17(13)25-9-12-8-16(20)27-28(12)18-14(22)4-3-5-24-18/h3-8,10,25H,9H2,1-2H3,(H,26,29). The summed E-state index contributed by atoms with van der Waals surface area (Å²) in [5, 5.41) is 11.7. The number of carbonyl (C=O) groups is 1. The highest BCUT2D eigenvalue weighted by Crippen LogP contribution is 2.31. The van der Waals surface area contributed by atoms with Crippen molar-refractivity contribution in [2.24, 2.45) is 0 Å². The Morgan fingerprint density at radius 3 is 2.66 bits per heavy atom. The zero-order valence-corrected chi connectivity index (χ0v) is 19.4. The first-order valence-electron chi connectivity index (χ1n) is 8.65. The molecule has 2 heterocycles. The SMILES string of the molecule is CC(C)NC(=O)c1cc(Cl)cc(Cl)c1NCc1cc(Br)nn1-c1ncccc1Cl. The number of pyridine rings is 1. The largest absolute Gasteiger partial charge is 0.378 e. The van der Waals surface area contributed by atoms with Gasteiger partial charge in [-0.05, 0) is 60.1 Å². The molecule has 0 aliphatic carbocycles. The molecule has 0 atom stereocenters. The van der Waals surface area contributed by atoms with E-state index >= 15 is 0 Å².